The molecule has 16 heavy (non-hydrogen) atoms. The van der Waals surface area contributed by atoms with Crippen molar-refractivity contribution in [3.63, 3.8) is 0 Å². The van der Waals surface area contributed by atoms with Crippen LogP contribution in [0.2, 0.25) is 0 Å². The van der Waals surface area contributed by atoms with E-state index in [0.717, 1.165) is 19.6 Å². The van der Waals surface area contributed by atoms with Crippen molar-refractivity contribution in [2.45, 2.75) is 13.0 Å². The van der Waals surface area contributed by atoms with Crippen LogP contribution in [0, 0.1) is 11.3 Å². The SMILES string of the molecule is CC1CN(c2nccc(C#N)n2)CCN1C. The molecule has 0 aromatic carbocycles. The van der Waals surface area contributed by atoms with Crippen LogP contribution in [0.5, 0.6) is 0 Å². The van der Waals surface area contributed by atoms with Crippen LogP contribution < -0.4 is 4.90 Å². The van der Waals surface area contributed by atoms with Crippen molar-refractivity contribution in [1.82, 2.24) is 14.9 Å². The Morgan fingerprint density at radius 1 is 1.50 bits per heavy atom. The Hall–Kier alpha value is -1.67. The molecule has 0 N–H and O–H groups in total. The van der Waals surface area contributed by atoms with Gasteiger partial charge in [-0.1, -0.05) is 0 Å². The third-order valence-electron chi connectivity index (χ3n) is 3.00. The zero-order valence-corrected chi connectivity index (χ0v) is 9.59. The number of nitriles is 1. The maximum atomic E-state index is 8.79. The number of nitrogens with zero attached hydrogens (tertiary/aromatic N) is 5. The third-order valence-corrected chi connectivity index (χ3v) is 3.00. The highest BCUT2D eigenvalue weighted by Crippen LogP contribution is 2.13. The molecule has 1 aromatic rings. The minimum absolute atomic E-state index is 0.427. The lowest BCUT2D eigenvalue weighted by molar-refractivity contribution is 0.233. The van der Waals surface area contributed by atoms with Crippen molar-refractivity contribution >= 4 is 5.95 Å². The fraction of sp³-hybridized carbons (Fsp3) is 0.545. The van der Waals surface area contributed by atoms with E-state index in [1.54, 1.807) is 12.3 Å². The molecule has 0 amide bonds. The van der Waals surface area contributed by atoms with Crippen LogP contribution in [0.1, 0.15) is 12.6 Å². The molecule has 0 spiro atoms. The van der Waals surface area contributed by atoms with Gasteiger partial charge in [0.05, 0.1) is 0 Å². The van der Waals surface area contributed by atoms with Crippen molar-refractivity contribution in [2.24, 2.45) is 0 Å². The van der Waals surface area contributed by atoms with Crippen molar-refractivity contribution in [3.05, 3.63) is 18.0 Å². The minimum atomic E-state index is 0.427. The summed E-state index contributed by atoms with van der Waals surface area (Å²) < 4.78 is 0. The van der Waals surface area contributed by atoms with Gasteiger partial charge in [0.1, 0.15) is 11.8 Å². The number of piperazine rings is 1. The Morgan fingerprint density at radius 2 is 2.31 bits per heavy atom. The summed E-state index contributed by atoms with van der Waals surface area (Å²) in [6, 6.07) is 4.16. The lowest BCUT2D eigenvalue weighted by Crippen LogP contribution is -2.50. The summed E-state index contributed by atoms with van der Waals surface area (Å²) in [6.45, 7) is 5.00. The molecule has 1 saturated heterocycles. The van der Waals surface area contributed by atoms with E-state index in [4.69, 9.17) is 5.26 Å². The topological polar surface area (TPSA) is 56.1 Å². The second kappa shape index (κ2) is 4.45. The highest BCUT2D eigenvalue weighted by Gasteiger charge is 2.22. The number of likely N-dealkylation sites (N-methyl/N-ethyl adjacent to an activating group) is 1. The normalized spacial score (nSPS) is 21.8. The van der Waals surface area contributed by atoms with E-state index >= 15 is 0 Å². The van der Waals surface area contributed by atoms with Crippen LogP contribution in [0.4, 0.5) is 5.95 Å². The molecule has 0 saturated carbocycles. The van der Waals surface area contributed by atoms with E-state index in [9.17, 15) is 0 Å². The Morgan fingerprint density at radius 3 is 3.00 bits per heavy atom. The predicted molar refractivity (Wildman–Crippen MR) is 61.1 cm³/mol. The monoisotopic (exact) mass is 217 g/mol. The summed E-state index contributed by atoms with van der Waals surface area (Å²) in [7, 11) is 2.12. The van der Waals surface area contributed by atoms with Gasteiger partial charge in [-0.2, -0.15) is 5.26 Å². The quantitative estimate of drug-likeness (QED) is 0.685. The standard InChI is InChI=1S/C11H15N5/c1-9-8-16(6-5-15(9)2)11-13-4-3-10(7-12)14-11/h3-4,9H,5-6,8H2,1-2H3. The second-order valence-electron chi connectivity index (χ2n) is 4.13. The number of anilines is 1. The van der Waals surface area contributed by atoms with Crippen molar-refractivity contribution in [3.8, 4) is 6.07 Å². The van der Waals surface area contributed by atoms with E-state index in [2.05, 4.69) is 33.7 Å². The summed E-state index contributed by atoms with van der Waals surface area (Å²) in [4.78, 5) is 12.9. The first-order valence-corrected chi connectivity index (χ1v) is 5.39. The Labute approximate surface area is 95.3 Å². The zero-order chi connectivity index (χ0) is 11.5. The molecule has 2 heterocycles. The van der Waals surface area contributed by atoms with Crippen molar-refractivity contribution in [2.75, 3.05) is 31.6 Å². The molecule has 1 atom stereocenters. The van der Waals surface area contributed by atoms with Crippen LogP contribution in [0.3, 0.4) is 0 Å². The fourth-order valence-electron chi connectivity index (χ4n) is 1.79. The molecule has 5 nitrogen and oxygen atoms in total. The maximum absolute atomic E-state index is 8.79. The summed E-state index contributed by atoms with van der Waals surface area (Å²) in [5.41, 5.74) is 0.427. The van der Waals surface area contributed by atoms with Gasteiger partial charge in [0, 0.05) is 31.9 Å². The smallest absolute Gasteiger partial charge is 0.226 e. The largest absolute Gasteiger partial charge is 0.338 e. The number of hydrogen-bond donors (Lipinski definition) is 0. The highest BCUT2D eigenvalue weighted by molar-refractivity contribution is 5.34. The zero-order valence-electron chi connectivity index (χ0n) is 9.59. The van der Waals surface area contributed by atoms with Crippen LogP contribution in [-0.2, 0) is 0 Å². The van der Waals surface area contributed by atoms with E-state index in [0.29, 0.717) is 17.7 Å². The van der Waals surface area contributed by atoms with Gasteiger partial charge in [0.25, 0.3) is 0 Å². The first-order valence-electron chi connectivity index (χ1n) is 5.39. The average molecular weight is 217 g/mol. The lowest BCUT2D eigenvalue weighted by Gasteiger charge is -2.37. The molecule has 84 valence electrons. The molecule has 1 aliphatic rings. The van der Waals surface area contributed by atoms with E-state index < -0.39 is 0 Å². The van der Waals surface area contributed by atoms with Crippen molar-refractivity contribution in [1.29, 1.82) is 5.26 Å². The Balaban J connectivity index is 2.16. The number of rotatable bonds is 1. The molecule has 0 radical (unpaired) electrons. The predicted octanol–water partition coefficient (Wildman–Crippen LogP) is 0.489. The van der Waals surface area contributed by atoms with Gasteiger partial charge in [0.15, 0.2) is 0 Å². The molecule has 1 aliphatic heterocycles. The summed E-state index contributed by atoms with van der Waals surface area (Å²) in [5, 5.41) is 8.79. The summed E-state index contributed by atoms with van der Waals surface area (Å²) >= 11 is 0. The van der Waals surface area contributed by atoms with Gasteiger partial charge in [-0.25, -0.2) is 9.97 Å². The first-order chi connectivity index (χ1) is 7.70. The summed E-state index contributed by atoms with van der Waals surface area (Å²) in [5.74, 6) is 0.666. The third kappa shape index (κ3) is 2.12. The molecular weight excluding hydrogens is 202 g/mol. The molecule has 0 bridgehead atoms. The molecule has 1 aromatic heterocycles. The lowest BCUT2D eigenvalue weighted by atomic mass is 10.2. The van der Waals surface area contributed by atoms with Crippen LogP contribution in [0.15, 0.2) is 12.3 Å². The molecule has 1 unspecified atom stereocenters. The second-order valence-corrected chi connectivity index (χ2v) is 4.13. The molecule has 2 rings (SSSR count). The van der Waals surface area contributed by atoms with Gasteiger partial charge >= 0.3 is 0 Å². The van der Waals surface area contributed by atoms with Gasteiger partial charge < -0.3 is 9.80 Å². The van der Waals surface area contributed by atoms with Gasteiger partial charge in [-0.3, -0.25) is 0 Å². The number of hydrogen-bond acceptors (Lipinski definition) is 5. The average Bonchev–Trinajstić information content (AvgIpc) is 2.33. The van der Waals surface area contributed by atoms with Gasteiger partial charge in [0.2, 0.25) is 5.95 Å². The number of aromatic nitrogens is 2. The van der Waals surface area contributed by atoms with Crippen LogP contribution in [0.25, 0.3) is 0 Å². The van der Waals surface area contributed by atoms with E-state index in [-0.39, 0.29) is 0 Å². The van der Waals surface area contributed by atoms with Gasteiger partial charge in [-0.15, -0.1) is 0 Å². The highest BCUT2D eigenvalue weighted by atomic mass is 15.3. The van der Waals surface area contributed by atoms with E-state index in [1.807, 2.05) is 6.07 Å². The maximum Gasteiger partial charge on any atom is 0.226 e. The molecular formula is C11H15N5. The van der Waals surface area contributed by atoms with Gasteiger partial charge in [-0.05, 0) is 20.0 Å². The first kappa shape index (κ1) is 10.8. The summed E-state index contributed by atoms with van der Waals surface area (Å²) in [6.07, 6.45) is 1.64. The minimum Gasteiger partial charge on any atom is -0.338 e. The Kier molecular flexibility index (Phi) is 3.02. The fourth-order valence-corrected chi connectivity index (χ4v) is 1.79. The molecule has 1 fully saturated rings. The Bertz CT molecular complexity index is 411. The van der Waals surface area contributed by atoms with Crippen molar-refractivity contribution < 1.29 is 0 Å². The van der Waals surface area contributed by atoms with Crippen LogP contribution >= 0.6 is 0 Å². The van der Waals surface area contributed by atoms with E-state index in [1.165, 1.54) is 0 Å². The molecule has 5 heteroatoms. The molecule has 0 aliphatic carbocycles. The van der Waals surface area contributed by atoms with Crippen LogP contribution in [-0.4, -0.2) is 47.6 Å².